The summed E-state index contributed by atoms with van der Waals surface area (Å²) in [5.41, 5.74) is 2.45. The summed E-state index contributed by atoms with van der Waals surface area (Å²) in [5.74, 6) is 0.0775. The van der Waals surface area contributed by atoms with Gasteiger partial charge in [-0.05, 0) is 19.1 Å². The Morgan fingerprint density at radius 1 is 1.37 bits per heavy atom. The van der Waals surface area contributed by atoms with Crippen LogP contribution < -0.4 is 5.32 Å². The molecule has 100 valence electrons. The first-order valence-corrected chi connectivity index (χ1v) is 6.44. The summed E-state index contributed by atoms with van der Waals surface area (Å²) in [4.78, 5) is 11.9. The third kappa shape index (κ3) is 3.35. The van der Waals surface area contributed by atoms with E-state index in [1.165, 1.54) is 0 Å². The van der Waals surface area contributed by atoms with Crippen molar-refractivity contribution in [2.75, 3.05) is 11.9 Å². The topological polar surface area (TPSA) is 46.9 Å². The summed E-state index contributed by atoms with van der Waals surface area (Å²) in [6.45, 7) is 2.11. The third-order valence-electron chi connectivity index (χ3n) is 2.89. The van der Waals surface area contributed by atoms with E-state index in [0.717, 1.165) is 17.1 Å². The lowest BCUT2D eigenvalue weighted by Gasteiger charge is -2.06. The molecule has 2 rings (SSSR count). The van der Waals surface area contributed by atoms with Crippen LogP contribution in [0.4, 0.5) is 5.69 Å². The fourth-order valence-corrected chi connectivity index (χ4v) is 2.10. The summed E-state index contributed by atoms with van der Waals surface area (Å²) < 4.78 is 1.66. The normalized spacial score (nSPS) is 10.5. The van der Waals surface area contributed by atoms with E-state index in [9.17, 15) is 4.79 Å². The molecule has 0 atom stereocenters. The molecule has 1 N–H and O–H groups in total. The number of nitrogens with one attached hydrogen (secondary N) is 1. The van der Waals surface area contributed by atoms with Crippen LogP contribution in [0.25, 0.3) is 0 Å². The van der Waals surface area contributed by atoms with E-state index in [0.29, 0.717) is 5.02 Å². The second-order valence-electron chi connectivity index (χ2n) is 4.40. The van der Waals surface area contributed by atoms with Crippen molar-refractivity contribution in [2.24, 2.45) is 7.05 Å². The average molecular weight is 278 g/mol. The predicted molar refractivity (Wildman–Crippen MR) is 76.6 cm³/mol. The molecule has 0 aliphatic heterocycles. The van der Waals surface area contributed by atoms with Crippen LogP contribution in [0, 0.1) is 6.92 Å². The Morgan fingerprint density at radius 2 is 2.05 bits per heavy atom. The van der Waals surface area contributed by atoms with Crippen LogP contribution in [0.5, 0.6) is 0 Å². The van der Waals surface area contributed by atoms with E-state index >= 15 is 0 Å². The maximum atomic E-state index is 11.9. The van der Waals surface area contributed by atoms with Crippen molar-refractivity contribution in [2.45, 2.75) is 13.3 Å². The molecule has 0 saturated carbocycles. The fourth-order valence-electron chi connectivity index (χ4n) is 1.88. The lowest BCUT2D eigenvalue weighted by atomic mass is 10.2. The maximum Gasteiger partial charge on any atom is 0.157 e. The molecule has 0 aliphatic carbocycles. The van der Waals surface area contributed by atoms with Crippen molar-refractivity contribution in [3.05, 3.63) is 46.7 Å². The second kappa shape index (κ2) is 5.89. The zero-order valence-corrected chi connectivity index (χ0v) is 11.7. The van der Waals surface area contributed by atoms with Gasteiger partial charge in [0.2, 0.25) is 0 Å². The Bertz CT molecular complexity index is 578. The molecule has 0 spiro atoms. The van der Waals surface area contributed by atoms with Gasteiger partial charge in [0.1, 0.15) is 0 Å². The standard InChI is InChI=1S/C14H16ClN3O/c1-10-14(15)13(18(2)17-10)8-12(19)9-16-11-6-4-3-5-7-11/h3-7,16H,8-9H2,1-2H3. The van der Waals surface area contributed by atoms with Gasteiger partial charge >= 0.3 is 0 Å². The van der Waals surface area contributed by atoms with E-state index in [1.54, 1.807) is 11.7 Å². The highest BCUT2D eigenvalue weighted by Gasteiger charge is 2.14. The lowest BCUT2D eigenvalue weighted by Crippen LogP contribution is -2.17. The van der Waals surface area contributed by atoms with Crippen molar-refractivity contribution in [3.8, 4) is 0 Å². The van der Waals surface area contributed by atoms with Crippen molar-refractivity contribution in [1.29, 1.82) is 0 Å². The number of aromatic nitrogens is 2. The number of carbonyl (C=O) groups is 1. The zero-order chi connectivity index (χ0) is 13.8. The van der Waals surface area contributed by atoms with Crippen LogP contribution in [0.15, 0.2) is 30.3 Å². The number of carbonyl (C=O) groups excluding carboxylic acids is 1. The number of anilines is 1. The largest absolute Gasteiger partial charge is 0.378 e. The van der Waals surface area contributed by atoms with Gasteiger partial charge in [-0.1, -0.05) is 29.8 Å². The number of ketones is 1. The summed E-state index contributed by atoms with van der Waals surface area (Å²) in [6, 6.07) is 9.64. The van der Waals surface area contributed by atoms with Gasteiger partial charge in [-0.2, -0.15) is 5.10 Å². The smallest absolute Gasteiger partial charge is 0.157 e. The van der Waals surface area contributed by atoms with E-state index in [1.807, 2.05) is 37.3 Å². The Balaban J connectivity index is 1.95. The molecule has 19 heavy (non-hydrogen) atoms. The van der Waals surface area contributed by atoms with Crippen LogP contribution in [0.2, 0.25) is 5.02 Å². The van der Waals surface area contributed by atoms with Gasteiger partial charge in [-0.3, -0.25) is 9.48 Å². The van der Waals surface area contributed by atoms with E-state index in [2.05, 4.69) is 10.4 Å². The molecule has 0 saturated heterocycles. The molecule has 4 nitrogen and oxygen atoms in total. The van der Waals surface area contributed by atoms with Gasteiger partial charge < -0.3 is 5.32 Å². The van der Waals surface area contributed by atoms with Crippen molar-refractivity contribution in [1.82, 2.24) is 9.78 Å². The molecule has 0 bridgehead atoms. The molecular formula is C14H16ClN3O. The highest BCUT2D eigenvalue weighted by Crippen LogP contribution is 2.19. The number of nitrogens with zero attached hydrogens (tertiary/aromatic N) is 2. The Kier molecular flexibility index (Phi) is 4.22. The van der Waals surface area contributed by atoms with Crippen molar-refractivity contribution < 1.29 is 4.79 Å². The van der Waals surface area contributed by atoms with Gasteiger partial charge in [0, 0.05) is 12.7 Å². The third-order valence-corrected chi connectivity index (χ3v) is 3.38. The predicted octanol–water partition coefficient (Wildman–Crippen LogP) is 2.61. The highest BCUT2D eigenvalue weighted by molar-refractivity contribution is 6.32. The summed E-state index contributed by atoms with van der Waals surface area (Å²) in [5, 5.41) is 7.86. The number of aryl methyl sites for hydroxylation is 2. The van der Waals surface area contributed by atoms with Gasteiger partial charge in [0.05, 0.1) is 29.4 Å². The number of Topliss-reactive ketones (excluding diaryl/α,β-unsaturated/α-hetero) is 1. The summed E-state index contributed by atoms with van der Waals surface area (Å²) in [7, 11) is 1.80. The summed E-state index contributed by atoms with van der Waals surface area (Å²) >= 11 is 6.12. The quantitative estimate of drug-likeness (QED) is 0.914. The van der Waals surface area contributed by atoms with Crippen LogP contribution in [0.3, 0.4) is 0 Å². The number of halogens is 1. The van der Waals surface area contributed by atoms with Gasteiger partial charge in [0.15, 0.2) is 5.78 Å². The average Bonchev–Trinajstić information content (AvgIpc) is 2.64. The maximum absolute atomic E-state index is 11.9. The number of para-hydroxylation sites is 1. The lowest BCUT2D eigenvalue weighted by molar-refractivity contribution is -0.116. The van der Waals surface area contributed by atoms with Gasteiger partial charge in [0.25, 0.3) is 0 Å². The molecule has 1 aromatic carbocycles. The molecule has 5 heteroatoms. The molecule has 2 aromatic rings. The number of hydrogen-bond donors (Lipinski definition) is 1. The highest BCUT2D eigenvalue weighted by atomic mass is 35.5. The first-order valence-electron chi connectivity index (χ1n) is 6.06. The number of rotatable bonds is 5. The Morgan fingerprint density at radius 3 is 2.63 bits per heavy atom. The first-order chi connectivity index (χ1) is 9.08. The van der Waals surface area contributed by atoms with Crippen molar-refractivity contribution in [3.63, 3.8) is 0 Å². The molecule has 0 amide bonds. The van der Waals surface area contributed by atoms with E-state index in [-0.39, 0.29) is 18.7 Å². The second-order valence-corrected chi connectivity index (χ2v) is 4.78. The summed E-state index contributed by atoms with van der Waals surface area (Å²) in [6.07, 6.45) is 0.288. The minimum atomic E-state index is 0.0775. The van der Waals surface area contributed by atoms with Crippen molar-refractivity contribution >= 4 is 23.1 Å². The molecule has 0 fully saturated rings. The van der Waals surface area contributed by atoms with Crippen LogP contribution >= 0.6 is 11.6 Å². The Labute approximate surface area is 117 Å². The monoisotopic (exact) mass is 277 g/mol. The minimum Gasteiger partial charge on any atom is -0.378 e. The van der Waals surface area contributed by atoms with Crippen LogP contribution in [0.1, 0.15) is 11.4 Å². The molecule has 1 aromatic heterocycles. The van der Waals surface area contributed by atoms with Gasteiger partial charge in [-0.15, -0.1) is 0 Å². The Hall–Kier alpha value is -1.81. The van der Waals surface area contributed by atoms with E-state index in [4.69, 9.17) is 11.6 Å². The SMILES string of the molecule is Cc1nn(C)c(CC(=O)CNc2ccccc2)c1Cl. The van der Waals surface area contributed by atoms with Crippen LogP contribution in [-0.2, 0) is 18.3 Å². The first kappa shape index (κ1) is 13.6. The minimum absolute atomic E-state index is 0.0775. The fraction of sp³-hybridized carbons (Fsp3) is 0.286. The molecule has 1 heterocycles. The van der Waals surface area contributed by atoms with E-state index < -0.39 is 0 Å². The molecule has 0 unspecified atom stereocenters. The number of hydrogen-bond acceptors (Lipinski definition) is 3. The molecule has 0 radical (unpaired) electrons. The number of benzene rings is 1. The zero-order valence-electron chi connectivity index (χ0n) is 11.0. The molecule has 0 aliphatic rings. The molecular weight excluding hydrogens is 262 g/mol. The van der Waals surface area contributed by atoms with Gasteiger partial charge in [-0.25, -0.2) is 0 Å². The van der Waals surface area contributed by atoms with Crippen LogP contribution in [-0.4, -0.2) is 22.1 Å².